The highest BCUT2D eigenvalue weighted by molar-refractivity contribution is 6.07. The third-order valence-corrected chi connectivity index (χ3v) is 9.99. The van der Waals surface area contributed by atoms with E-state index in [-0.39, 0.29) is 0 Å². The lowest BCUT2D eigenvalue weighted by molar-refractivity contribution is 0.668. The molecular weight excluding hydrogens is 693 g/mol. The minimum absolute atomic E-state index is 0.561. The van der Waals surface area contributed by atoms with Crippen LogP contribution in [0.25, 0.3) is 112 Å². The standard InChI is InChI=1S/C48H28N6O2/c1-4-12-29(13-5-1)43-49-44(30-14-6-2-7-15-30)53-48(52-43)34-20-23-36-38-27-33(22-25-41(38)56-42(36)28-34)47-51-45(31-16-8-3-9-17-31)50-46(54-47)32-21-24-40-37(26-32)35-18-10-11-19-39(35)55-40/h1-28H. The van der Waals surface area contributed by atoms with Gasteiger partial charge >= 0.3 is 0 Å². The maximum absolute atomic E-state index is 6.46. The number of hydrogen-bond acceptors (Lipinski definition) is 8. The summed E-state index contributed by atoms with van der Waals surface area (Å²) >= 11 is 0. The molecule has 0 amide bonds. The zero-order valence-corrected chi connectivity index (χ0v) is 29.7. The smallest absolute Gasteiger partial charge is 0.164 e. The van der Waals surface area contributed by atoms with Crippen molar-refractivity contribution in [2.24, 2.45) is 0 Å². The quantitative estimate of drug-likeness (QED) is 0.167. The molecule has 56 heavy (non-hydrogen) atoms. The van der Waals surface area contributed by atoms with Gasteiger partial charge in [0.25, 0.3) is 0 Å². The van der Waals surface area contributed by atoms with Crippen molar-refractivity contribution in [1.29, 1.82) is 0 Å². The second kappa shape index (κ2) is 12.9. The Morgan fingerprint density at radius 2 is 0.571 bits per heavy atom. The van der Waals surface area contributed by atoms with Crippen LogP contribution in [0.4, 0.5) is 0 Å². The van der Waals surface area contributed by atoms with Crippen LogP contribution in [-0.2, 0) is 0 Å². The first-order chi connectivity index (χ1) is 27.7. The molecule has 0 saturated heterocycles. The fourth-order valence-corrected chi connectivity index (χ4v) is 7.21. The van der Waals surface area contributed by atoms with Crippen molar-refractivity contribution in [3.63, 3.8) is 0 Å². The monoisotopic (exact) mass is 720 g/mol. The Morgan fingerprint density at radius 1 is 0.232 bits per heavy atom. The van der Waals surface area contributed by atoms with Crippen molar-refractivity contribution < 1.29 is 8.83 Å². The first-order valence-electron chi connectivity index (χ1n) is 18.3. The van der Waals surface area contributed by atoms with Crippen molar-refractivity contribution in [2.45, 2.75) is 0 Å². The first-order valence-corrected chi connectivity index (χ1v) is 18.3. The number of fused-ring (bicyclic) bond motifs is 6. The molecule has 0 radical (unpaired) electrons. The molecule has 262 valence electrons. The van der Waals surface area contributed by atoms with Crippen LogP contribution < -0.4 is 0 Å². The Bertz CT molecular complexity index is 3190. The Kier molecular flexibility index (Phi) is 7.31. The van der Waals surface area contributed by atoms with Crippen LogP contribution in [0.3, 0.4) is 0 Å². The van der Waals surface area contributed by atoms with Gasteiger partial charge in [0.2, 0.25) is 0 Å². The van der Waals surface area contributed by atoms with Gasteiger partial charge in [-0.3, -0.25) is 0 Å². The summed E-state index contributed by atoms with van der Waals surface area (Å²) < 4.78 is 12.6. The largest absolute Gasteiger partial charge is 0.456 e. The van der Waals surface area contributed by atoms with Crippen molar-refractivity contribution in [3.05, 3.63) is 170 Å². The van der Waals surface area contributed by atoms with E-state index in [0.717, 1.165) is 77.3 Å². The summed E-state index contributed by atoms with van der Waals surface area (Å²) in [5.74, 6) is 3.50. The molecule has 0 N–H and O–H groups in total. The van der Waals surface area contributed by atoms with E-state index in [4.69, 9.17) is 38.7 Å². The predicted octanol–water partition coefficient (Wildman–Crippen LogP) is 11.9. The maximum Gasteiger partial charge on any atom is 0.164 e. The second-order valence-corrected chi connectivity index (χ2v) is 13.5. The van der Waals surface area contributed by atoms with Gasteiger partial charge in [-0.1, -0.05) is 115 Å². The lowest BCUT2D eigenvalue weighted by atomic mass is 10.1. The Hall–Kier alpha value is -7.84. The molecule has 4 aromatic heterocycles. The summed E-state index contributed by atoms with van der Waals surface area (Å²) in [4.78, 5) is 29.7. The van der Waals surface area contributed by atoms with Gasteiger partial charge in [0.15, 0.2) is 34.9 Å². The molecule has 0 spiro atoms. The minimum Gasteiger partial charge on any atom is -0.456 e. The van der Waals surface area contributed by atoms with Crippen LogP contribution in [0.5, 0.6) is 0 Å². The van der Waals surface area contributed by atoms with E-state index in [1.807, 2.05) is 146 Å². The first kappa shape index (κ1) is 31.7. The molecule has 0 aliphatic rings. The summed E-state index contributed by atoms with van der Waals surface area (Å²) in [5.41, 5.74) is 8.41. The van der Waals surface area contributed by atoms with Gasteiger partial charge in [-0.25, -0.2) is 29.9 Å². The summed E-state index contributed by atoms with van der Waals surface area (Å²) in [6.07, 6.45) is 0. The molecule has 11 rings (SSSR count). The highest BCUT2D eigenvalue weighted by Crippen LogP contribution is 2.36. The highest BCUT2D eigenvalue weighted by Gasteiger charge is 2.18. The maximum atomic E-state index is 6.46. The van der Waals surface area contributed by atoms with Crippen LogP contribution >= 0.6 is 0 Å². The molecule has 0 unspecified atom stereocenters. The van der Waals surface area contributed by atoms with E-state index >= 15 is 0 Å². The van der Waals surface area contributed by atoms with Crippen LogP contribution in [-0.4, -0.2) is 29.9 Å². The molecule has 0 bridgehead atoms. The molecule has 0 aliphatic heterocycles. The topological polar surface area (TPSA) is 104 Å². The zero-order valence-electron chi connectivity index (χ0n) is 29.7. The minimum atomic E-state index is 0.561. The van der Waals surface area contributed by atoms with E-state index in [9.17, 15) is 0 Å². The molecule has 0 aliphatic carbocycles. The lowest BCUT2D eigenvalue weighted by Gasteiger charge is -2.09. The van der Waals surface area contributed by atoms with Crippen LogP contribution in [0.15, 0.2) is 179 Å². The molecule has 0 fully saturated rings. The van der Waals surface area contributed by atoms with Gasteiger partial charge in [-0.2, -0.15) is 0 Å². The van der Waals surface area contributed by atoms with Crippen LogP contribution in [0.2, 0.25) is 0 Å². The van der Waals surface area contributed by atoms with E-state index in [1.165, 1.54) is 0 Å². The van der Waals surface area contributed by atoms with Gasteiger partial charge in [0, 0.05) is 54.9 Å². The van der Waals surface area contributed by atoms with E-state index in [2.05, 4.69) is 24.3 Å². The fourth-order valence-electron chi connectivity index (χ4n) is 7.21. The summed E-state index contributed by atoms with van der Waals surface area (Å²) in [7, 11) is 0. The average molecular weight is 721 g/mol. The molecule has 8 nitrogen and oxygen atoms in total. The number of furan rings is 2. The third-order valence-electron chi connectivity index (χ3n) is 9.99. The molecule has 7 aromatic carbocycles. The van der Waals surface area contributed by atoms with Gasteiger partial charge < -0.3 is 8.83 Å². The number of hydrogen-bond donors (Lipinski definition) is 0. The van der Waals surface area contributed by atoms with Crippen molar-refractivity contribution in [1.82, 2.24) is 29.9 Å². The molecule has 8 heteroatoms. The number of rotatable bonds is 6. The summed E-state index contributed by atoms with van der Waals surface area (Å²) in [6.45, 7) is 0. The van der Waals surface area contributed by atoms with Crippen LogP contribution in [0.1, 0.15) is 0 Å². The van der Waals surface area contributed by atoms with E-state index in [1.54, 1.807) is 0 Å². The normalized spacial score (nSPS) is 11.6. The fraction of sp³-hybridized carbons (Fsp3) is 0. The Morgan fingerprint density at radius 3 is 1.05 bits per heavy atom. The van der Waals surface area contributed by atoms with Gasteiger partial charge in [-0.05, 0) is 54.6 Å². The zero-order chi connectivity index (χ0) is 37.0. The summed E-state index contributed by atoms with van der Waals surface area (Å²) in [6, 6.07) is 56.2. The number of benzene rings is 7. The third kappa shape index (κ3) is 5.56. The molecular formula is C48H28N6O2. The Balaban J connectivity index is 1.02. The van der Waals surface area contributed by atoms with Crippen LogP contribution in [0, 0.1) is 0 Å². The molecule has 0 saturated carbocycles. The predicted molar refractivity (Wildman–Crippen MR) is 220 cm³/mol. The van der Waals surface area contributed by atoms with Crippen molar-refractivity contribution in [2.75, 3.05) is 0 Å². The lowest BCUT2D eigenvalue weighted by Crippen LogP contribution is -2.00. The second-order valence-electron chi connectivity index (χ2n) is 13.5. The highest BCUT2D eigenvalue weighted by atomic mass is 16.3. The van der Waals surface area contributed by atoms with Gasteiger partial charge in [-0.15, -0.1) is 0 Å². The molecule has 0 atom stereocenters. The summed E-state index contributed by atoms with van der Waals surface area (Å²) in [5, 5.41) is 3.97. The van der Waals surface area contributed by atoms with Crippen molar-refractivity contribution >= 4 is 43.9 Å². The number of nitrogens with zero attached hydrogens (tertiary/aromatic N) is 6. The SMILES string of the molecule is c1ccc(-c2nc(-c3ccccc3)nc(-c3ccc4c(c3)oc3ccc(-c5nc(-c6ccccc6)nc(-c6ccc7oc8ccccc8c7c6)n5)cc34)n2)cc1. The molecule has 4 heterocycles. The van der Waals surface area contributed by atoms with Gasteiger partial charge in [0.1, 0.15) is 22.3 Å². The van der Waals surface area contributed by atoms with E-state index in [0.29, 0.717) is 34.9 Å². The number of para-hydroxylation sites is 1. The molecule has 11 aromatic rings. The van der Waals surface area contributed by atoms with E-state index < -0.39 is 0 Å². The number of aromatic nitrogens is 6. The van der Waals surface area contributed by atoms with Gasteiger partial charge in [0.05, 0.1) is 0 Å². The average Bonchev–Trinajstić information content (AvgIpc) is 3.84. The van der Waals surface area contributed by atoms with Crippen molar-refractivity contribution in [3.8, 4) is 68.3 Å². The Labute approximate surface area is 319 Å².